The molecule has 0 aliphatic heterocycles. The normalized spacial score (nSPS) is 8.50. The van der Waals surface area contributed by atoms with Crippen LogP contribution in [0.3, 0.4) is 0 Å². The first-order valence-corrected chi connectivity index (χ1v) is 3.20. The summed E-state index contributed by atoms with van der Waals surface area (Å²) in [5.74, 6) is -0.786. The molecule has 56 valence electrons. The van der Waals surface area contributed by atoms with Gasteiger partial charge >= 0.3 is 35.5 Å². The molecule has 0 aliphatic rings. The number of aliphatic carboxylic acids is 1. The number of unbranched alkanes of at least 4 members (excludes halogenated alkanes) is 1. The molecule has 0 saturated heterocycles. The molecule has 0 radical (unpaired) electrons. The van der Waals surface area contributed by atoms with Gasteiger partial charge in [-0.05, 0) is 13.0 Å². The number of rotatable bonds is 5. The van der Waals surface area contributed by atoms with Crippen molar-refractivity contribution in [2.75, 3.05) is 13.1 Å². The minimum atomic E-state index is -0.786. The first-order chi connectivity index (χ1) is 4.27. The second kappa shape index (κ2) is 9.43. The zero-order chi connectivity index (χ0) is 7.11. The van der Waals surface area contributed by atoms with Crippen molar-refractivity contribution < 1.29 is 9.90 Å². The van der Waals surface area contributed by atoms with Gasteiger partial charge in [0.1, 0.15) is 0 Å². The average Bonchev–Trinajstić information content (AvgIpc) is 1.80. The molecule has 2 N–H and O–H groups in total. The Bertz CT molecular complexity index is 87.8. The molecule has 3 nitrogen and oxygen atoms in total. The topological polar surface area (TPSA) is 49.3 Å². The summed E-state index contributed by atoms with van der Waals surface area (Å²) in [4.78, 5) is 9.90. The number of carboxylic acid groups (broad SMARTS) is 1. The summed E-state index contributed by atoms with van der Waals surface area (Å²) in [5.41, 5.74) is 0. The number of nitrogens with one attached hydrogen (secondary N) is 1. The van der Waals surface area contributed by atoms with E-state index in [1.807, 2.05) is 0 Å². The van der Waals surface area contributed by atoms with E-state index in [-0.39, 0.29) is 36.1 Å². The van der Waals surface area contributed by atoms with Crippen molar-refractivity contribution in [1.29, 1.82) is 0 Å². The molecule has 0 aromatic heterocycles. The molecular weight excluding hydrogens is 141 g/mol. The van der Waals surface area contributed by atoms with Crippen molar-refractivity contribution in [1.82, 2.24) is 5.32 Å². The predicted octanol–water partition coefficient (Wildman–Crippen LogP) is -0.188. The van der Waals surface area contributed by atoms with Gasteiger partial charge in [0.05, 0.1) is 6.54 Å². The van der Waals surface area contributed by atoms with Gasteiger partial charge in [-0.3, -0.25) is 4.79 Å². The number of hydrogen-bond donors (Lipinski definition) is 2. The SMILES string of the molecule is CCCCNCC(=O)O.[NaH]. The van der Waals surface area contributed by atoms with Gasteiger partial charge in [-0.2, -0.15) is 0 Å². The van der Waals surface area contributed by atoms with Crippen LogP contribution in [-0.4, -0.2) is 53.7 Å². The van der Waals surface area contributed by atoms with Gasteiger partial charge < -0.3 is 10.4 Å². The van der Waals surface area contributed by atoms with Crippen molar-refractivity contribution >= 4 is 35.5 Å². The molecule has 0 aliphatic carbocycles. The molecule has 0 heterocycles. The van der Waals surface area contributed by atoms with Gasteiger partial charge in [0.15, 0.2) is 0 Å². The van der Waals surface area contributed by atoms with Crippen molar-refractivity contribution in [3.8, 4) is 0 Å². The fourth-order valence-electron chi connectivity index (χ4n) is 0.497. The van der Waals surface area contributed by atoms with Crippen LogP contribution >= 0.6 is 0 Å². The van der Waals surface area contributed by atoms with Crippen molar-refractivity contribution in [3.05, 3.63) is 0 Å². The van der Waals surface area contributed by atoms with Crippen LogP contribution in [0, 0.1) is 0 Å². The Morgan fingerprint density at radius 2 is 2.20 bits per heavy atom. The average molecular weight is 155 g/mol. The van der Waals surface area contributed by atoms with Crippen LogP contribution in [-0.2, 0) is 4.79 Å². The fraction of sp³-hybridized carbons (Fsp3) is 0.833. The Hall–Kier alpha value is 0.430. The number of carboxylic acids is 1. The van der Waals surface area contributed by atoms with Gasteiger partial charge in [0.2, 0.25) is 0 Å². The molecule has 0 aromatic rings. The second-order valence-electron chi connectivity index (χ2n) is 1.92. The van der Waals surface area contributed by atoms with Crippen LogP contribution in [0.25, 0.3) is 0 Å². The molecule has 0 bridgehead atoms. The Balaban J connectivity index is 0. The molecule has 0 saturated carbocycles. The van der Waals surface area contributed by atoms with Crippen molar-refractivity contribution in [3.63, 3.8) is 0 Å². The summed E-state index contributed by atoms with van der Waals surface area (Å²) in [5, 5.41) is 10.9. The van der Waals surface area contributed by atoms with Crippen LogP contribution in [0.4, 0.5) is 0 Å². The van der Waals surface area contributed by atoms with Gasteiger partial charge in [-0.1, -0.05) is 13.3 Å². The summed E-state index contributed by atoms with van der Waals surface area (Å²) in [7, 11) is 0. The third kappa shape index (κ3) is 11.3. The Labute approximate surface area is 83.5 Å². The molecule has 0 aromatic carbocycles. The number of carbonyl (C=O) groups is 1. The molecule has 0 atom stereocenters. The second-order valence-corrected chi connectivity index (χ2v) is 1.92. The first-order valence-electron chi connectivity index (χ1n) is 3.20. The molecule has 4 heteroatoms. The van der Waals surface area contributed by atoms with Crippen LogP contribution < -0.4 is 5.32 Å². The first kappa shape index (κ1) is 13.1. The molecule has 0 fully saturated rings. The summed E-state index contributed by atoms with van der Waals surface area (Å²) in [6, 6.07) is 0. The zero-order valence-corrected chi connectivity index (χ0v) is 5.68. The van der Waals surface area contributed by atoms with E-state index in [1.165, 1.54) is 0 Å². The van der Waals surface area contributed by atoms with Crippen LogP contribution in [0.15, 0.2) is 0 Å². The molecule has 10 heavy (non-hydrogen) atoms. The quantitative estimate of drug-likeness (QED) is 0.427. The van der Waals surface area contributed by atoms with E-state index in [0.29, 0.717) is 0 Å². The number of hydrogen-bond acceptors (Lipinski definition) is 2. The van der Waals surface area contributed by atoms with E-state index in [4.69, 9.17) is 5.11 Å². The molecule has 0 rings (SSSR count). The molecule has 0 amide bonds. The van der Waals surface area contributed by atoms with Gasteiger partial charge in [-0.25, -0.2) is 0 Å². The maximum atomic E-state index is 9.90. The summed E-state index contributed by atoms with van der Waals surface area (Å²) in [6.45, 7) is 2.96. The standard InChI is InChI=1S/C6H13NO2.Na.H/c1-2-3-4-7-5-6(8)9;;/h7H,2-5H2,1H3,(H,8,9);;. The van der Waals surface area contributed by atoms with E-state index in [2.05, 4.69) is 12.2 Å². The van der Waals surface area contributed by atoms with E-state index in [1.54, 1.807) is 0 Å². The van der Waals surface area contributed by atoms with Crippen molar-refractivity contribution in [2.24, 2.45) is 0 Å². The van der Waals surface area contributed by atoms with Crippen LogP contribution in [0.2, 0.25) is 0 Å². The monoisotopic (exact) mass is 155 g/mol. The van der Waals surface area contributed by atoms with E-state index >= 15 is 0 Å². The van der Waals surface area contributed by atoms with Gasteiger partial charge in [0.25, 0.3) is 0 Å². The fourth-order valence-corrected chi connectivity index (χ4v) is 0.497. The zero-order valence-electron chi connectivity index (χ0n) is 5.68. The summed E-state index contributed by atoms with van der Waals surface area (Å²) in [6.07, 6.45) is 2.15. The van der Waals surface area contributed by atoms with Crippen LogP contribution in [0.5, 0.6) is 0 Å². The molecule has 0 spiro atoms. The van der Waals surface area contributed by atoms with E-state index in [0.717, 1.165) is 19.4 Å². The summed E-state index contributed by atoms with van der Waals surface area (Å²) < 4.78 is 0. The third-order valence-corrected chi connectivity index (χ3v) is 0.983. The predicted molar refractivity (Wildman–Crippen MR) is 42.6 cm³/mol. The minimum absolute atomic E-state index is 0. The Morgan fingerprint density at radius 1 is 1.60 bits per heavy atom. The van der Waals surface area contributed by atoms with Gasteiger partial charge in [0, 0.05) is 0 Å². The summed E-state index contributed by atoms with van der Waals surface area (Å²) >= 11 is 0. The third-order valence-electron chi connectivity index (χ3n) is 0.983. The Kier molecular flexibility index (Phi) is 12.3. The van der Waals surface area contributed by atoms with E-state index < -0.39 is 5.97 Å². The van der Waals surface area contributed by atoms with Gasteiger partial charge in [-0.15, -0.1) is 0 Å². The molecule has 0 unspecified atom stereocenters. The molecular formula is C6H14NNaO2. The maximum absolute atomic E-state index is 9.90. The van der Waals surface area contributed by atoms with E-state index in [9.17, 15) is 4.79 Å². The van der Waals surface area contributed by atoms with Crippen molar-refractivity contribution in [2.45, 2.75) is 19.8 Å². The van der Waals surface area contributed by atoms with Crippen LogP contribution in [0.1, 0.15) is 19.8 Å². The Morgan fingerprint density at radius 3 is 2.60 bits per heavy atom.